The molecule has 0 radical (unpaired) electrons. The minimum atomic E-state index is -0.665. The summed E-state index contributed by atoms with van der Waals surface area (Å²) < 4.78 is 5.09. The van der Waals surface area contributed by atoms with Gasteiger partial charge in [0.15, 0.2) is 0 Å². The number of aliphatic hydroxyl groups is 1. The summed E-state index contributed by atoms with van der Waals surface area (Å²) in [6.07, 6.45) is 2.32. The maximum atomic E-state index is 12.6. The van der Waals surface area contributed by atoms with Crippen LogP contribution in [0.1, 0.15) is 19.3 Å². The Morgan fingerprint density at radius 2 is 1.96 bits per heavy atom. The zero-order valence-corrected chi connectivity index (χ0v) is 16.3. The first-order chi connectivity index (χ1) is 13.3. The molecule has 9 nitrogen and oxygen atoms in total. The van der Waals surface area contributed by atoms with Crippen LogP contribution in [-0.2, 0) is 9.59 Å². The molecule has 1 aliphatic heterocycles. The van der Waals surface area contributed by atoms with E-state index in [0.29, 0.717) is 37.4 Å². The minimum absolute atomic E-state index is 0.0588. The quantitative estimate of drug-likeness (QED) is 0.292. The van der Waals surface area contributed by atoms with Gasteiger partial charge in [0.2, 0.25) is 5.91 Å². The third-order valence-corrected chi connectivity index (χ3v) is 4.56. The van der Waals surface area contributed by atoms with Gasteiger partial charge in [0.25, 0.3) is 5.91 Å². The Morgan fingerprint density at radius 3 is 2.50 bits per heavy atom. The largest absolute Gasteiger partial charge is 0.497 e. The molecule has 1 heterocycles. The third-order valence-electron chi connectivity index (χ3n) is 4.56. The number of likely N-dealkylation sites (N-methyl/N-ethyl adjacent to an activating group) is 1. The minimum Gasteiger partial charge on any atom is -0.497 e. The van der Waals surface area contributed by atoms with Crippen LogP contribution < -0.4 is 21.6 Å². The van der Waals surface area contributed by atoms with Crippen molar-refractivity contribution < 1.29 is 19.4 Å². The number of nitrogens with two attached hydrogens (primary N) is 2. The molecule has 2 rings (SSSR count). The van der Waals surface area contributed by atoms with Crippen molar-refractivity contribution in [3.63, 3.8) is 0 Å². The van der Waals surface area contributed by atoms with Gasteiger partial charge in [-0.2, -0.15) is 0 Å². The molecule has 1 unspecified atom stereocenters. The highest BCUT2D eigenvalue weighted by Crippen LogP contribution is 2.16. The molecule has 0 aromatic heterocycles. The number of anilines is 1. The van der Waals surface area contributed by atoms with Gasteiger partial charge in [-0.15, -0.1) is 0 Å². The number of rotatable bonds is 7. The van der Waals surface area contributed by atoms with Crippen LogP contribution in [0.3, 0.4) is 0 Å². The molecule has 9 heteroatoms. The Balaban J connectivity index is 1.99. The molecule has 1 aliphatic rings. The first-order valence-corrected chi connectivity index (χ1v) is 9.17. The molecule has 0 saturated carbocycles. The van der Waals surface area contributed by atoms with Crippen molar-refractivity contribution in [1.29, 1.82) is 0 Å². The lowest BCUT2D eigenvalue weighted by atomic mass is 10.1. The van der Waals surface area contributed by atoms with Crippen LogP contribution in [0, 0.1) is 0 Å². The maximum absolute atomic E-state index is 12.6. The van der Waals surface area contributed by atoms with E-state index in [4.69, 9.17) is 16.3 Å². The number of hydrogen-bond donors (Lipinski definition) is 4. The van der Waals surface area contributed by atoms with Crippen LogP contribution >= 0.6 is 0 Å². The van der Waals surface area contributed by atoms with Crippen molar-refractivity contribution in [2.24, 2.45) is 11.6 Å². The summed E-state index contributed by atoms with van der Waals surface area (Å²) in [7, 11) is 3.09. The predicted octanol–water partition coefficient (Wildman–Crippen LogP) is 0.0238. The van der Waals surface area contributed by atoms with Crippen LogP contribution in [0.2, 0.25) is 0 Å². The van der Waals surface area contributed by atoms with Gasteiger partial charge in [-0.1, -0.05) is 0 Å². The van der Waals surface area contributed by atoms with Gasteiger partial charge in [0.05, 0.1) is 13.2 Å². The highest BCUT2D eigenvalue weighted by molar-refractivity contribution is 6.03. The Bertz CT molecular complexity index is 697. The number of hydrazine groups is 1. The standard InChI is InChI=1S/C19H29N5O4/c1-23(21)17(19(27)22-14-3-5-16(28-2)6-4-14)11-13(20)12-18(26)24-9-7-15(25)8-10-24/h3-6,11,13,15,25H,7-10,12,20-21H2,1-2H3,(H,22,27)/b17-11-. The van der Waals surface area contributed by atoms with Crippen molar-refractivity contribution in [1.82, 2.24) is 9.91 Å². The SMILES string of the molecule is COc1ccc(NC(=O)/C(=C/C(N)CC(=O)N2CCC(O)CC2)N(C)N)cc1. The highest BCUT2D eigenvalue weighted by atomic mass is 16.5. The van der Waals surface area contributed by atoms with Gasteiger partial charge < -0.3 is 30.8 Å². The molecule has 1 atom stereocenters. The van der Waals surface area contributed by atoms with E-state index in [2.05, 4.69) is 5.32 Å². The number of carbonyl (C=O) groups is 2. The highest BCUT2D eigenvalue weighted by Gasteiger charge is 2.23. The number of nitrogens with one attached hydrogen (secondary N) is 1. The summed E-state index contributed by atoms with van der Waals surface area (Å²) in [6, 6.07) is 6.20. The fraction of sp³-hybridized carbons (Fsp3) is 0.474. The summed E-state index contributed by atoms with van der Waals surface area (Å²) in [6.45, 7) is 1.02. The number of hydrogen-bond acceptors (Lipinski definition) is 7. The topological polar surface area (TPSA) is 134 Å². The van der Waals surface area contributed by atoms with Gasteiger partial charge >= 0.3 is 0 Å². The van der Waals surface area contributed by atoms with E-state index in [9.17, 15) is 14.7 Å². The average Bonchev–Trinajstić information content (AvgIpc) is 2.66. The lowest BCUT2D eigenvalue weighted by Gasteiger charge is -2.30. The van der Waals surface area contributed by atoms with E-state index in [1.165, 1.54) is 18.1 Å². The molecular weight excluding hydrogens is 362 g/mol. The second-order valence-electron chi connectivity index (χ2n) is 6.83. The number of ether oxygens (including phenoxy) is 1. The molecule has 1 aromatic rings. The number of likely N-dealkylation sites (tertiary alicyclic amines) is 1. The number of amides is 2. The van der Waals surface area contributed by atoms with E-state index in [1.54, 1.807) is 36.3 Å². The second-order valence-corrected chi connectivity index (χ2v) is 6.83. The second kappa shape index (κ2) is 10.1. The number of aliphatic hydroxyl groups excluding tert-OH is 1. The normalized spacial score (nSPS) is 16.5. The average molecular weight is 391 g/mol. The zero-order chi connectivity index (χ0) is 20.7. The van der Waals surface area contributed by atoms with Crippen molar-refractivity contribution >= 4 is 17.5 Å². The van der Waals surface area contributed by atoms with E-state index in [0.717, 1.165) is 0 Å². The molecule has 1 aromatic carbocycles. The van der Waals surface area contributed by atoms with Crippen LogP contribution in [0.15, 0.2) is 36.0 Å². The van der Waals surface area contributed by atoms with Crippen molar-refractivity contribution in [3.05, 3.63) is 36.0 Å². The summed E-state index contributed by atoms with van der Waals surface area (Å²) in [5.74, 6) is 5.92. The van der Waals surface area contributed by atoms with Crippen LogP contribution in [-0.4, -0.2) is 66.2 Å². The molecule has 154 valence electrons. The first-order valence-electron chi connectivity index (χ1n) is 9.17. The van der Waals surface area contributed by atoms with Gasteiger partial charge in [-0.25, -0.2) is 5.84 Å². The summed E-state index contributed by atoms with van der Waals surface area (Å²) in [5, 5.41) is 13.4. The van der Waals surface area contributed by atoms with E-state index < -0.39 is 11.9 Å². The van der Waals surface area contributed by atoms with Crippen LogP contribution in [0.5, 0.6) is 5.75 Å². The van der Waals surface area contributed by atoms with Crippen LogP contribution in [0.25, 0.3) is 0 Å². The summed E-state index contributed by atoms with van der Waals surface area (Å²) in [4.78, 5) is 26.6. The molecule has 1 fully saturated rings. The fourth-order valence-electron chi connectivity index (χ4n) is 2.93. The third kappa shape index (κ3) is 6.22. The molecule has 0 spiro atoms. The molecular formula is C19H29N5O4. The molecule has 1 saturated heterocycles. The lowest BCUT2D eigenvalue weighted by Crippen LogP contribution is -2.42. The Morgan fingerprint density at radius 1 is 1.36 bits per heavy atom. The van der Waals surface area contributed by atoms with E-state index >= 15 is 0 Å². The first kappa shape index (κ1) is 21.7. The molecule has 28 heavy (non-hydrogen) atoms. The Kier molecular flexibility index (Phi) is 7.80. The Labute approximate surface area is 164 Å². The summed E-state index contributed by atoms with van der Waals surface area (Å²) in [5.41, 5.74) is 6.80. The smallest absolute Gasteiger partial charge is 0.273 e. The number of carbonyl (C=O) groups excluding carboxylic acids is 2. The summed E-state index contributed by atoms with van der Waals surface area (Å²) >= 11 is 0. The van der Waals surface area contributed by atoms with Crippen molar-refractivity contribution in [2.45, 2.75) is 31.4 Å². The molecule has 0 aliphatic carbocycles. The van der Waals surface area contributed by atoms with Gasteiger partial charge in [0.1, 0.15) is 11.4 Å². The van der Waals surface area contributed by atoms with Gasteiger partial charge in [0, 0.05) is 38.3 Å². The molecule has 0 bridgehead atoms. The molecule has 6 N–H and O–H groups in total. The zero-order valence-electron chi connectivity index (χ0n) is 16.3. The van der Waals surface area contributed by atoms with Crippen LogP contribution in [0.4, 0.5) is 5.69 Å². The number of methoxy groups -OCH3 is 1. The van der Waals surface area contributed by atoms with Crippen molar-refractivity contribution in [3.8, 4) is 5.75 Å². The predicted molar refractivity (Wildman–Crippen MR) is 106 cm³/mol. The van der Waals surface area contributed by atoms with E-state index in [1.807, 2.05) is 0 Å². The lowest BCUT2D eigenvalue weighted by molar-refractivity contribution is -0.133. The van der Waals surface area contributed by atoms with Gasteiger partial charge in [-0.3, -0.25) is 9.59 Å². The monoisotopic (exact) mass is 391 g/mol. The maximum Gasteiger partial charge on any atom is 0.273 e. The number of piperidine rings is 1. The van der Waals surface area contributed by atoms with Crippen molar-refractivity contribution in [2.75, 3.05) is 32.6 Å². The number of nitrogens with zero attached hydrogens (tertiary/aromatic N) is 2. The van der Waals surface area contributed by atoms with Gasteiger partial charge in [-0.05, 0) is 43.2 Å². The fourth-order valence-corrected chi connectivity index (χ4v) is 2.93. The van der Waals surface area contributed by atoms with E-state index in [-0.39, 0.29) is 24.1 Å². The Hall–Kier alpha value is -2.62. The molecule has 2 amide bonds. The number of benzene rings is 1.